The van der Waals surface area contributed by atoms with Gasteiger partial charge < -0.3 is 5.11 Å². The summed E-state index contributed by atoms with van der Waals surface area (Å²) < 4.78 is 12.9. The van der Waals surface area contributed by atoms with Crippen LogP contribution in [0.3, 0.4) is 0 Å². The number of allylic oxidation sites excluding steroid dienone is 1. The first-order chi connectivity index (χ1) is 7.08. The molecule has 1 aliphatic rings. The molecule has 1 aliphatic carbocycles. The molecule has 2 rings (SSSR count). The SMILES string of the molecule is CC1=C(CC(=O)O)c2ccc(F)cc2C1. The fraction of sp³-hybridized carbons (Fsp3) is 0.250. The van der Waals surface area contributed by atoms with Gasteiger partial charge in [0.1, 0.15) is 5.82 Å². The Bertz CT molecular complexity index is 461. The number of carboxylic acids is 1. The van der Waals surface area contributed by atoms with Crippen LogP contribution in [0.25, 0.3) is 5.57 Å². The van der Waals surface area contributed by atoms with E-state index in [-0.39, 0.29) is 12.2 Å². The van der Waals surface area contributed by atoms with E-state index in [1.54, 1.807) is 6.07 Å². The predicted molar refractivity (Wildman–Crippen MR) is 55.0 cm³/mol. The van der Waals surface area contributed by atoms with Crippen molar-refractivity contribution >= 4 is 11.5 Å². The van der Waals surface area contributed by atoms with Crippen molar-refractivity contribution in [3.05, 3.63) is 40.7 Å². The van der Waals surface area contributed by atoms with E-state index in [0.717, 1.165) is 22.3 Å². The van der Waals surface area contributed by atoms with Crippen LogP contribution in [0.2, 0.25) is 0 Å². The molecule has 0 radical (unpaired) electrons. The molecule has 0 fully saturated rings. The zero-order valence-electron chi connectivity index (χ0n) is 8.38. The smallest absolute Gasteiger partial charge is 0.307 e. The van der Waals surface area contributed by atoms with Gasteiger partial charge in [0.05, 0.1) is 6.42 Å². The van der Waals surface area contributed by atoms with E-state index in [1.165, 1.54) is 12.1 Å². The predicted octanol–water partition coefficient (Wildman–Crippen LogP) is 2.63. The highest BCUT2D eigenvalue weighted by Gasteiger charge is 2.20. The second-order valence-corrected chi connectivity index (χ2v) is 3.81. The highest BCUT2D eigenvalue weighted by atomic mass is 19.1. The van der Waals surface area contributed by atoms with E-state index in [9.17, 15) is 9.18 Å². The van der Waals surface area contributed by atoms with Crippen molar-refractivity contribution in [2.45, 2.75) is 19.8 Å². The van der Waals surface area contributed by atoms with Gasteiger partial charge in [-0.3, -0.25) is 4.79 Å². The average Bonchev–Trinajstić information content (AvgIpc) is 2.41. The third-order valence-corrected chi connectivity index (χ3v) is 2.69. The number of carboxylic acid groups (broad SMARTS) is 1. The van der Waals surface area contributed by atoms with E-state index in [4.69, 9.17) is 5.11 Å². The second kappa shape index (κ2) is 3.50. The van der Waals surface area contributed by atoms with Crippen LogP contribution in [0.15, 0.2) is 23.8 Å². The van der Waals surface area contributed by atoms with Gasteiger partial charge in [0.25, 0.3) is 0 Å². The molecule has 1 N–H and O–H groups in total. The molecule has 3 heteroatoms. The molecule has 0 saturated heterocycles. The van der Waals surface area contributed by atoms with E-state index in [2.05, 4.69) is 0 Å². The minimum Gasteiger partial charge on any atom is -0.481 e. The van der Waals surface area contributed by atoms with Crippen molar-refractivity contribution in [1.82, 2.24) is 0 Å². The van der Waals surface area contributed by atoms with Crippen LogP contribution in [-0.2, 0) is 11.2 Å². The standard InChI is InChI=1S/C12H11FO2/c1-7-4-8-5-9(13)2-3-10(8)11(7)6-12(14)15/h2-3,5H,4,6H2,1H3,(H,14,15). The maximum Gasteiger partial charge on any atom is 0.307 e. The van der Waals surface area contributed by atoms with Crippen LogP contribution in [0, 0.1) is 5.82 Å². The zero-order valence-corrected chi connectivity index (χ0v) is 8.38. The average molecular weight is 206 g/mol. The van der Waals surface area contributed by atoms with Crippen LogP contribution in [-0.4, -0.2) is 11.1 Å². The monoisotopic (exact) mass is 206 g/mol. The Kier molecular flexibility index (Phi) is 2.31. The maximum absolute atomic E-state index is 12.9. The van der Waals surface area contributed by atoms with Gasteiger partial charge in [-0.15, -0.1) is 0 Å². The lowest BCUT2D eigenvalue weighted by Crippen LogP contribution is -1.96. The van der Waals surface area contributed by atoms with Crippen LogP contribution < -0.4 is 0 Å². The summed E-state index contributed by atoms with van der Waals surface area (Å²) in [4.78, 5) is 10.7. The summed E-state index contributed by atoms with van der Waals surface area (Å²) in [6.45, 7) is 1.90. The van der Waals surface area contributed by atoms with Crippen LogP contribution in [0.1, 0.15) is 24.5 Å². The Morgan fingerprint density at radius 3 is 2.93 bits per heavy atom. The summed E-state index contributed by atoms with van der Waals surface area (Å²) in [5.41, 5.74) is 3.63. The largest absolute Gasteiger partial charge is 0.481 e. The molecule has 1 aromatic rings. The Morgan fingerprint density at radius 2 is 2.27 bits per heavy atom. The summed E-state index contributed by atoms with van der Waals surface area (Å²) in [5.74, 6) is -1.11. The quantitative estimate of drug-likeness (QED) is 0.807. The molecule has 0 aliphatic heterocycles. The molecule has 0 aromatic heterocycles. The number of halogens is 1. The Hall–Kier alpha value is -1.64. The number of benzene rings is 1. The molecule has 0 unspecified atom stereocenters. The van der Waals surface area contributed by atoms with Gasteiger partial charge in [0.15, 0.2) is 0 Å². The molecule has 0 bridgehead atoms. The number of carbonyl (C=O) groups is 1. The third-order valence-electron chi connectivity index (χ3n) is 2.69. The molecule has 78 valence electrons. The summed E-state index contributed by atoms with van der Waals surface area (Å²) >= 11 is 0. The fourth-order valence-corrected chi connectivity index (χ4v) is 2.02. The lowest BCUT2D eigenvalue weighted by molar-refractivity contribution is -0.135. The van der Waals surface area contributed by atoms with Crippen molar-refractivity contribution in [2.75, 3.05) is 0 Å². The first kappa shape index (κ1) is 9.90. The molecule has 0 atom stereocenters. The molecule has 0 spiro atoms. The maximum atomic E-state index is 12.9. The minimum atomic E-state index is -0.846. The molecule has 2 nitrogen and oxygen atoms in total. The van der Waals surface area contributed by atoms with Gasteiger partial charge in [0, 0.05) is 0 Å². The van der Waals surface area contributed by atoms with Crippen LogP contribution in [0.4, 0.5) is 4.39 Å². The number of fused-ring (bicyclic) bond motifs is 1. The molecule has 15 heavy (non-hydrogen) atoms. The van der Waals surface area contributed by atoms with Gasteiger partial charge in [-0.2, -0.15) is 0 Å². The van der Waals surface area contributed by atoms with Crippen molar-refractivity contribution < 1.29 is 14.3 Å². The highest BCUT2D eigenvalue weighted by molar-refractivity contribution is 5.88. The van der Waals surface area contributed by atoms with Crippen molar-refractivity contribution in [3.8, 4) is 0 Å². The second-order valence-electron chi connectivity index (χ2n) is 3.81. The lowest BCUT2D eigenvalue weighted by Gasteiger charge is -2.03. The van der Waals surface area contributed by atoms with E-state index in [1.807, 2.05) is 6.92 Å². The Balaban J connectivity index is 2.42. The minimum absolute atomic E-state index is 0.0183. The number of aliphatic carboxylic acids is 1. The Morgan fingerprint density at radius 1 is 1.53 bits per heavy atom. The van der Waals surface area contributed by atoms with E-state index < -0.39 is 5.97 Å². The summed E-state index contributed by atoms with van der Waals surface area (Å²) in [6, 6.07) is 4.52. The molecule has 0 saturated carbocycles. The molecular weight excluding hydrogens is 195 g/mol. The topological polar surface area (TPSA) is 37.3 Å². The lowest BCUT2D eigenvalue weighted by atomic mass is 10.0. The first-order valence-electron chi connectivity index (χ1n) is 4.77. The number of hydrogen-bond acceptors (Lipinski definition) is 1. The van der Waals surface area contributed by atoms with Crippen molar-refractivity contribution in [3.63, 3.8) is 0 Å². The molecule has 0 amide bonds. The summed E-state index contributed by atoms with van der Waals surface area (Å²) in [7, 11) is 0. The van der Waals surface area contributed by atoms with Gasteiger partial charge in [-0.1, -0.05) is 11.6 Å². The third kappa shape index (κ3) is 1.77. The summed E-state index contributed by atoms with van der Waals surface area (Å²) in [6.07, 6.45) is 0.681. The first-order valence-corrected chi connectivity index (χ1v) is 4.77. The van der Waals surface area contributed by atoms with Gasteiger partial charge in [-0.05, 0) is 42.2 Å². The number of hydrogen-bond donors (Lipinski definition) is 1. The normalized spacial score (nSPS) is 14.3. The number of rotatable bonds is 2. The van der Waals surface area contributed by atoms with E-state index in [0.29, 0.717) is 6.42 Å². The molecule has 0 heterocycles. The molecule has 1 aromatic carbocycles. The van der Waals surface area contributed by atoms with Crippen molar-refractivity contribution in [1.29, 1.82) is 0 Å². The van der Waals surface area contributed by atoms with Crippen LogP contribution >= 0.6 is 0 Å². The highest BCUT2D eigenvalue weighted by Crippen LogP contribution is 2.34. The Labute approximate surface area is 87.0 Å². The molecular formula is C12H11FO2. The van der Waals surface area contributed by atoms with E-state index >= 15 is 0 Å². The zero-order chi connectivity index (χ0) is 11.0. The van der Waals surface area contributed by atoms with Gasteiger partial charge in [0.2, 0.25) is 0 Å². The van der Waals surface area contributed by atoms with Crippen LogP contribution in [0.5, 0.6) is 0 Å². The van der Waals surface area contributed by atoms with Gasteiger partial charge in [-0.25, -0.2) is 4.39 Å². The fourth-order valence-electron chi connectivity index (χ4n) is 2.02. The van der Waals surface area contributed by atoms with Gasteiger partial charge >= 0.3 is 5.97 Å². The van der Waals surface area contributed by atoms with Crippen molar-refractivity contribution in [2.24, 2.45) is 0 Å². The summed E-state index contributed by atoms with van der Waals surface area (Å²) in [5, 5.41) is 8.76.